The van der Waals surface area contributed by atoms with E-state index in [-0.39, 0.29) is 17.7 Å². The number of carbonyl (C=O) groups is 3. The van der Waals surface area contributed by atoms with Crippen LogP contribution in [0.25, 0.3) is 0 Å². The van der Waals surface area contributed by atoms with E-state index in [1.807, 2.05) is 50.2 Å². The van der Waals surface area contributed by atoms with Gasteiger partial charge in [-0.15, -0.1) is 0 Å². The molecule has 1 atom stereocenters. The number of rotatable bonds is 6. The molecule has 0 saturated carbocycles. The molecule has 0 fully saturated rings. The summed E-state index contributed by atoms with van der Waals surface area (Å²) < 4.78 is 0. The topological polar surface area (TPSA) is 105 Å². The lowest BCUT2D eigenvalue weighted by Crippen LogP contribution is -2.52. The van der Waals surface area contributed by atoms with Crippen molar-refractivity contribution in [1.82, 2.24) is 10.2 Å². The highest BCUT2D eigenvalue weighted by Gasteiger charge is 2.34. The fourth-order valence-corrected chi connectivity index (χ4v) is 3.64. The first-order valence-corrected chi connectivity index (χ1v) is 10.1. The Bertz CT molecular complexity index is 924. The van der Waals surface area contributed by atoms with E-state index < -0.39 is 12.1 Å². The van der Waals surface area contributed by atoms with Gasteiger partial charge in [0.1, 0.15) is 6.04 Å². The fourth-order valence-electron chi connectivity index (χ4n) is 3.64. The molecule has 0 saturated heterocycles. The molecular weight excluding hydrogens is 380 g/mol. The number of primary amides is 1. The second-order valence-electron chi connectivity index (χ2n) is 8.01. The van der Waals surface area contributed by atoms with E-state index in [1.54, 1.807) is 17.0 Å². The van der Waals surface area contributed by atoms with Gasteiger partial charge in [-0.05, 0) is 34.7 Å². The number of amides is 4. The van der Waals surface area contributed by atoms with Gasteiger partial charge in [0.15, 0.2) is 0 Å². The minimum absolute atomic E-state index is 0.00142. The molecule has 1 unspecified atom stereocenters. The lowest BCUT2D eigenvalue weighted by atomic mass is 9.92. The van der Waals surface area contributed by atoms with E-state index in [2.05, 4.69) is 10.6 Å². The lowest BCUT2D eigenvalue weighted by molar-refractivity contribution is -0.142. The number of urea groups is 1. The average Bonchev–Trinajstić information content (AvgIpc) is 2.71. The minimum atomic E-state index is -0.625. The van der Waals surface area contributed by atoms with E-state index in [1.165, 1.54) is 0 Å². The molecule has 3 rings (SSSR count). The quantitative estimate of drug-likeness (QED) is 0.684. The van der Waals surface area contributed by atoms with Gasteiger partial charge in [0, 0.05) is 31.6 Å². The standard InChI is InChI=1S/C23H28N4O3/c1-15(2)11-21(28)27-14-18-6-4-3-5-17(18)12-20(27)22(29)25-13-16-7-9-19(10-8-16)26-23(24)30/h3-10,15,20H,11-14H2,1-2H3,(H,25,29)(H3,24,26,30). The number of anilines is 1. The van der Waals surface area contributed by atoms with Crippen LogP contribution in [0.1, 0.15) is 37.0 Å². The zero-order valence-corrected chi connectivity index (χ0v) is 17.4. The molecule has 4 amide bonds. The highest BCUT2D eigenvalue weighted by atomic mass is 16.2. The third-order valence-electron chi connectivity index (χ3n) is 5.14. The Balaban J connectivity index is 1.70. The van der Waals surface area contributed by atoms with Crippen molar-refractivity contribution in [3.8, 4) is 0 Å². The van der Waals surface area contributed by atoms with Crippen LogP contribution < -0.4 is 16.4 Å². The molecule has 2 aromatic rings. The second kappa shape index (κ2) is 9.43. The van der Waals surface area contributed by atoms with Gasteiger partial charge in [-0.2, -0.15) is 0 Å². The Hall–Kier alpha value is -3.35. The molecule has 2 aromatic carbocycles. The van der Waals surface area contributed by atoms with Crippen molar-refractivity contribution in [2.24, 2.45) is 11.7 Å². The summed E-state index contributed by atoms with van der Waals surface area (Å²) in [6.45, 7) is 4.79. The molecule has 0 bridgehead atoms. The fraction of sp³-hybridized carbons (Fsp3) is 0.348. The number of fused-ring (bicyclic) bond motifs is 1. The predicted molar refractivity (Wildman–Crippen MR) is 115 cm³/mol. The number of hydrogen-bond acceptors (Lipinski definition) is 3. The summed E-state index contributed by atoms with van der Waals surface area (Å²) >= 11 is 0. The van der Waals surface area contributed by atoms with Crippen molar-refractivity contribution >= 4 is 23.5 Å². The van der Waals surface area contributed by atoms with Crippen LogP contribution in [0.3, 0.4) is 0 Å². The molecule has 158 valence electrons. The van der Waals surface area contributed by atoms with Crippen LogP contribution in [0, 0.1) is 5.92 Å². The Morgan fingerprint density at radius 1 is 1.07 bits per heavy atom. The maximum atomic E-state index is 13.0. The summed E-state index contributed by atoms with van der Waals surface area (Å²) in [6, 6.07) is 13.9. The smallest absolute Gasteiger partial charge is 0.316 e. The van der Waals surface area contributed by atoms with E-state index in [0.717, 1.165) is 16.7 Å². The molecule has 1 aliphatic heterocycles. The van der Waals surface area contributed by atoms with Crippen molar-refractivity contribution < 1.29 is 14.4 Å². The second-order valence-corrected chi connectivity index (χ2v) is 8.01. The minimum Gasteiger partial charge on any atom is -0.351 e. The third kappa shape index (κ3) is 5.37. The number of benzene rings is 2. The van der Waals surface area contributed by atoms with Crippen LogP contribution in [-0.4, -0.2) is 28.8 Å². The van der Waals surface area contributed by atoms with Crippen molar-refractivity contribution in [3.63, 3.8) is 0 Å². The van der Waals surface area contributed by atoms with E-state index in [4.69, 9.17) is 5.73 Å². The molecule has 0 aromatic heterocycles. The first-order valence-electron chi connectivity index (χ1n) is 10.1. The molecule has 7 heteroatoms. The number of nitrogens with one attached hydrogen (secondary N) is 2. The molecule has 4 N–H and O–H groups in total. The molecule has 0 spiro atoms. The summed E-state index contributed by atoms with van der Waals surface area (Å²) in [5.41, 5.74) is 8.78. The SMILES string of the molecule is CC(C)CC(=O)N1Cc2ccccc2CC1C(=O)NCc1ccc(NC(N)=O)cc1. The third-order valence-corrected chi connectivity index (χ3v) is 5.14. The molecule has 0 radical (unpaired) electrons. The Morgan fingerprint density at radius 3 is 2.37 bits per heavy atom. The van der Waals surface area contributed by atoms with Gasteiger partial charge in [-0.25, -0.2) is 4.79 Å². The number of carbonyl (C=O) groups excluding carboxylic acids is 3. The van der Waals surface area contributed by atoms with Crippen LogP contribution >= 0.6 is 0 Å². The molecule has 1 aliphatic rings. The van der Waals surface area contributed by atoms with Crippen LogP contribution in [0.4, 0.5) is 10.5 Å². The molecule has 0 aliphatic carbocycles. The summed E-state index contributed by atoms with van der Waals surface area (Å²) in [7, 11) is 0. The summed E-state index contributed by atoms with van der Waals surface area (Å²) in [4.78, 5) is 38.5. The monoisotopic (exact) mass is 408 g/mol. The average molecular weight is 409 g/mol. The van der Waals surface area contributed by atoms with Gasteiger partial charge in [0.05, 0.1) is 0 Å². The van der Waals surface area contributed by atoms with Gasteiger partial charge in [-0.3, -0.25) is 9.59 Å². The Morgan fingerprint density at radius 2 is 1.73 bits per heavy atom. The van der Waals surface area contributed by atoms with Gasteiger partial charge >= 0.3 is 6.03 Å². The lowest BCUT2D eigenvalue weighted by Gasteiger charge is -2.36. The van der Waals surface area contributed by atoms with Crippen LogP contribution in [0.15, 0.2) is 48.5 Å². The van der Waals surface area contributed by atoms with Crippen molar-refractivity contribution in [1.29, 1.82) is 0 Å². The Kier molecular flexibility index (Phi) is 6.72. The van der Waals surface area contributed by atoms with Crippen molar-refractivity contribution in [2.45, 2.75) is 45.8 Å². The summed E-state index contributed by atoms with van der Waals surface area (Å²) in [5, 5.41) is 5.45. The van der Waals surface area contributed by atoms with Gasteiger partial charge < -0.3 is 21.3 Å². The molecule has 1 heterocycles. The van der Waals surface area contributed by atoms with E-state index in [9.17, 15) is 14.4 Å². The first kappa shape index (κ1) is 21.4. The first-order chi connectivity index (χ1) is 14.3. The van der Waals surface area contributed by atoms with Crippen LogP contribution in [-0.2, 0) is 29.1 Å². The van der Waals surface area contributed by atoms with Crippen LogP contribution in [0.5, 0.6) is 0 Å². The molecular formula is C23H28N4O3. The van der Waals surface area contributed by atoms with E-state index in [0.29, 0.717) is 31.6 Å². The van der Waals surface area contributed by atoms with Crippen molar-refractivity contribution in [2.75, 3.05) is 5.32 Å². The zero-order valence-electron chi connectivity index (χ0n) is 17.4. The number of nitrogens with two attached hydrogens (primary N) is 1. The molecule has 30 heavy (non-hydrogen) atoms. The number of nitrogens with zero attached hydrogens (tertiary/aromatic N) is 1. The van der Waals surface area contributed by atoms with E-state index >= 15 is 0 Å². The largest absolute Gasteiger partial charge is 0.351 e. The van der Waals surface area contributed by atoms with Gasteiger partial charge in [0.2, 0.25) is 11.8 Å². The maximum absolute atomic E-state index is 13.0. The number of hydrogen-bond donors (Lipinski definition) is 3. The predicted octanol–water partition coefficient (Wildman–Crippen LogP) is 2.79. The maximum Gasteiger partial charge on any atom is 0.316 e. The summed E-state index contributed by atoms with van der Waals surface area (Å²) in [5.74, 6) is 0.0633. The Labute approximate surface area is 176 Å². The van der Waals surface area contributed by atoms with Crippen molar-refractivity contribution in [3.05, 3.63) is 65.2 Å². The molecule has 7 nitrogen and oxygen atoms in total. The van der Waals surface area contributed by atoms with Gasteiger partial charge in [-0.1, -0.05) is 50.2 Å². The van der Waals surface area contributed by atoms with Crippen LogP contribution in [0.2, 0.25) is 0 Å². The zero-order chi connectivity index (χ0) is 21.7. The highest BCUT2D eigenvalue weighted by molar-refractivity contribution is 5.89. The highest BCUT2D eigenvalue weighted by Crippen LogP contribution is 2.25. The normalized spacial score (nSPS) is 15.4. The summed E-state index contributed by atoms with van der Waals surface area (Å²) in [6.07, 6.45) is 0.924. The van der Waals surface area contributed by atoms with Gasteiger partial charge in [0.25, 0.3) is 0 Å².